The zero-order valence-corrected chi connectivity index (χ0v) is 18.0. The van der Waals surface area contributed by atoms with E-state index in [4.69, 9.17) is 26.2 Å². The lowest BCUT2D eigenvalue weighted by atomic mass is 9.99. The molecule has 0 radical (unpaired) electrons. The number of carbonyl (C=O) groups excluding carboxylic acids is 1. The summed E-state index contributed by atoms with van der Waals surface area (Å²) in [5.41, 5.74) is 2.61. The molecule has 0 atom stereocenters. The molecule has 0 saturated heterocycles. The van der Waals surface area contributed by atoms with Crippen LogP contribution in [-0.4, -0.2) is 30.2 Å². The summed E-state index contributed by atoms with van der Waals surface area (Å²) < 4.78 is 11.9. The van der Waals surface area contributed by atoms with Gasteiger partial charge in [-0.25, -0.2) is 0 Å². The van der Waals surface area contributed by atoms with E-state index in [1.54, 1.807) is 41.3 Å². The molecule has 1 aliphatic rings. The Kier molecular flexibility index (Phi) is 5.74. The van der Waals surface area contributed by atoms with Crippen molar-refractivity contribution in [3.05, 3.63) is 64.2 Å². The predicted octanol–water partition coefficient (Wildman–Crippen LogP) is 5.08. The maximum atomic E-state index is 13.5. The Labute approximate surface area is 184 Å². The van der Waals surface area contributed by atoms with E-state index in [1.807, 2.05) is 19.9 Å². The number of rotatable bonds is 7. The van der Waals surface area contributed by atoms with E-state index in [2.05, 4.69) is 0 Å². The van der Waals surface area contributed by atoms with Gasteiger partial charge in [-0.05, 0) is 49.7 Å². The minimum Gasteiger partial charge on any atom is -0.493 e. The fraction of sp³-hybridized carbons (Fsp3) is 0.250. The van der Waals surface area contributed by atoms with Gasteiger partial charge in [-0.3, -0.25) is 9.59 Å². The zero-order chi connectivity index (χ0) is 22.1. The third kappa shape index (κ3) is 3.79. The van der Waals surface area contributed by atoms with Crippen LogP contribution in [0.25, 0.3) is 10.8 Å². The number of hydrogen-bond donors (Lipinski definition) is 1. The minimum atomic E-state index is -0.898. The van der Waals surface area contributed by atoms with Gasteiger partial charge in [-0.15, -0.1) is 0 Å². The largest absolute Gasteiger partial charge is 0.493 e. The molecule has 1 aliphatic heterocycles. The number of halogens is 1. The van der Waals surface area contributed by atoms with Gasteiger partial charge < -0.3 is 19.5 Å². The Morgan fingerprint density at radius 3 is 2.35 bits per heavy atom. The van der Waals surface area contributed by atoms with E-state index in [0.29, 0.717) is 53.1 Å². The molecule has 1 heterocycles. The smallest absolute Gasteiger partial charge is 0.307 e. The first kappa shape index (κ1) is 21.0. The Hall–Kier alpha value is -3.25. The number of hydrogen-bond acceptors (Lipinski definition) is 4. The molecule has 0 aliphatic carbocycles. The Balaban J connectivity index is 1.85. The van der Waals surface area contributed by atoms with Crippen LogP contribution in [0.15, 0.2) is 42.5 Å². The first-order valence-electron chi connectivity index (χ1n) is 10.1. The van der Waals surface area contributed by atoms with Gasteiger partial charge in [0, 0.05) is 27.0 Å². The second-order valence-electron chi connectivity index (χ2n) is 7.20. The molecule has 3 aromatic carbocycles. The van der Waals surface area contributed by atoms with E-state index in [1.165, 1.54) is 0 Å². The van der Waals surface area contributed by atoms with Gasteiger partial charge >= 0.3 is 5.97 Å². The van der Waals surface area contributed by atoms with Crippen molar-refractivity contribution in [2.24, 2.45) is 0 Å². The SMILES string of the molecule is CCOc1c2c(c(OCC)c3cc(Cl)ccc13)C(=O)N(c1ccc(CC(=O)O)cc1)C2. The van der Waals surface area contributed by atoms with Crippen molar-refractivity contribution in [2.45, 2.75) is 26.8 Å². The molecular formula is C24H22ClNO5. The summed E-state index contributed by atoms with van der Waals surface area (Å²) >= 11 is 6.25. The molecule has 31 heavy (non-hydrogen) atoms. The number of amides is 1. The summed E-state index contributed by atoms with van der Waals surface area (Å²) in [4.78, 5) is 26.1. The fourth-order valence-corrected chi connectivity index (χ4v) is 4.14. The molecule has 0 spiro atoms. The van der Waals surface area contributed by atoms with Gasteiger partial charge in [-0.1, -0.05) is 23.7 Å². The van der Waals surface area contributed by atoms with Gasteiger partial charge in [0.25, 0.3) is 5.91 Å². The van der Waals surface area contributed by atoms with Crippen molar-refractivity contribution >= 4 is 39.9 Å². The maximum Gasteiger partial charge on any atom is 0.307 e. The topological polar surface area (TPSA) is 76.1 Å². The first-order valence-corrected chi connectivity index (χ1v) is 10.5. The summed E-state index contributed by atoms with van der Waals surface area (Å²) in [5, 5.41) is 11.1. The van der Waals surface area contributed by atoms with Crippen LogP contribution in [0.3, 0.4) is 0 Å². The Morgan fingerprint density at radius 2 is 1.71 bits per heavy atom. The lowest BCUT2D eigenvalue weighted by Gasteiger charge is -2.17. The number of benzene rings is 3. The molecule has 0 unspecified atom stereocenters. The number of carboxylic acids is 1. The highest BCUT2D eigenvalue weighted by Gasteiger charge is 2.36. The van der Waals surface area contributed by atoms with E-state index in [0.717, 1.165) is 16.3 Å². The number of anilines is 1. The summed E-state index contributed by atoms with van der Waals surface area (Å²) in [7, 11) is 0. The van der Waals surface area contributed by atoms with Crippen molar-refractivity contribution < 1.29 is 24.2 Å². The van der Waals surface area contributed by atoms with Crippen molar-refractivity contribution in [3.8, 4) is 11.5 Å². The van der Waals surface area contributed by atoms with Crippen LogP contribution in [0, 0.1) is 0 Å². The van der Waals surface area contributed by atoms with Crippen LogP contribution in [0.5, 0.6) is 11.5 Å². The molecule has 0 fully saturated rings. The number of ether oxygens (including phenoxy) is 2. The van der Waals surface area contributed by atoms with Crippen LogP contribution in [0.4, 0.5) is 5.69 Å². The van der Waals surface area contributed by atoms with Crippen LogP contribution in [0.2, 0.25) is 5.02 Å². The zero-order valence-electron chi connectivity index (χ0n) is 17.3. The highest BCUT2D eigenvalue weighted by molar-refractivity contribution is 6.31. The number of fused-ring (bicyclic) bond motifs is 2. The van der Waals surface area contributed by atoms with Crippen LogP contribution < -0.4 is 14.4 Å². The van der Waals surface area contributed by atoms with Crippen LogP contribution in [-0.2, 0) is 17.8 Å². The summed E-state index contributed by atoms with van der Waals surface area (Å²) in [6.07, 6.45) is -0.0659. The number of carbonyl (C=O) groups is 2. The van der Waals surface area contributed by atoms with E-state index in [9.17, 15) is 9.59 Å². The number of aliphatic carboxylic acids is 1. The van der Waals surface area contributed by atoms with E-state index < -0.39 is 5.97 Å². The fourth-order valence-electron chi connectivity index (χ4n) is 3.97. The Morgan fingerprint density at radius 1 is 1.03 bits per heavy atom. The maximum absolute atomic E-state index is 13.5. The molecule has 0 saturated carbocycles. The van der Waals surface area contributed by atoms with Crippen molar-refractivity contribution in [1.29, 1.82) is 0 Å². The molecule has 0 bridgehead atoms. The molecule has 6 nitrogen and oxygen atoms in total. The average molecular weight is 440 g/mol. The molecule has 1 N–H and O–H groups in total. The normalized spacial score (nSPS) is 12.9. The van der Waals surface area contributed by atoms with E-state index in [-0.39, 0.29) is 12.3 Å². The van der Waals surface area contributed by atoms with Gasteiger partial charge in [0.15, 0.2) is 0 Å². The van der Waals surface area contributed by atoms with Gasteiger partial charge in [0.1, 0.15) is 11.5 Å². The highest BCUT2D eigenvalue weighted by Crippen LogP contribution is 2.46. The molecule has 4 rings (SSSR count). The first-order chi connectivity index (χ1) is 14.9. The molecule has 3 aromatic rings. The van der Waals surface area contributed by atoms with Crippen molar-refractivity contribution in [2.75, 3.05) is 18.1 Å². The monoisotopic (exact) mass is 439 g/mol. The average Bonchev–Trinajstić information content (AvgIpc) is 3.08. The summed E-state index contributed by atoms with van der Waals surface area (Å²) in [6, 6.07) is 12.5. The van der Waals surface area contributed by atoms with Crippen molar-refractivity contribution in [1.82, 2.24) is 0 Å². The second-order valence-corrected chi connectivity index (χ2v) is 7.63. The van der Waals surface area contributed by atoms with E-state index >= 15 is 0 Å². The number of nitrogens with zero attached hydrogens (tertiary/aromatic N) is 1. The predicted molar refractivity (Wildman–Crippen MR) is 120 cm³/mol. The van der Waals surface area contributed by atoms with Gasteiger partial charge in [0.2, 0.25) is 0 Å². The van der Waals surface area contributed by atoms with Gasteiger partial charge in [0.05, 0.1) is 31.7 Å². The second kappa shape index (κ2) is 8.47. The van der Waals surface area contributed by atoms with Crippen LogP contribution in [0.1, 0.15) is 35.3 Å². The lowest BCUT2D eigenvalue weighted by molar-refractivity contribution is -0.136. The number of carboxylic acid groups (broad SMARTS) is 1. The molecule has 7 heteroatoms. The lowest BCUT2D eigenvalue weighted by Crippen LogP contribution is -2.23. The summed E-state index contributed by atoms with van der Waals surface area (Å²) in [5.74, 6) is 0.0807. The molecule has 1 amide bonds. The standard InChI is InChI=1S/C24H22ClNO5/c1-3-30-22-17-10-7-15(25)12-18(17)23(31-4-2)21-19(22)13-26(24(21)29)16-8-5-14(6-9-16)11-20(27)28/h5-10,12H,3-4,11,13H2,1-2H3,(H,27,28). The minimum absolute atomic E-state index is 0.0659. The van der Waals surface area contributed by atoms with Gasteiger partial charge in [-0.2, -0.15) is 0 Å². The van der Waals surface area contributed by atoms with Crippen molar-refractivity contribution in [3.63, 3.8) is 0 Å². The Bertz CT molecular complexity index is 1170. The molecular weight excluding hydrogens is 418 g/mol. The third-order valence-electron chi connectivity index (χ3n) is 5.23. The molecule has 0 aromatic heterocycles. The highest BCUT2D eigenvalue weighted by atomic mass is 35.5. The third-order valence-corrected chi connectivity index (χ3v) is 5.46. The summed E-state index contributed by atoms with van der Waals surface area (Å²) in [6.45, 7) is 4.97. The molecule has 160 valence electrons. The van der Waals surface area contributed by atoms with Crippen LogP contribution >= 0.6 is 11.6 Å². The quantitative estimate of drug-likeness (QED) is 0.555.